The van der Waals surface area contributed by atoms with Gasteiger partial charge in [0.2, 0.25) is 0 Å². The van der Waals surface area contributed by atoms with Crippen LogP contribution in [-0.4, -0.2) is 22.8 Å². The molecule has 4 nitrogen and oxygen atoms in total. The van der Waals surface area contributed by atoms with Crippen LogP contribution in [0.3, 0.4) is 0 Å². The van der Waals surface area contributed by atoms with E-state index < -0.39 is 0 Å². The topological polar surface area (TPSA) is 43.3 Å². The Hall–Kier alpha value is -2.40. The number of hydrogen-bond donors (Lipinski definition) is 1. The zero-order valence-corrected chi connectivity index (χ0v) is 15.1. The standard InChI is InChI=1S/C20H20N2O2S/c1-13-12-22-16(10-14-7-5-9-18(25-13)19(14)22)20(23)21-11-15-6-3-4-8-17(15)24-2/h3-10,13H,11-12H2,1-2H3,(H,21,23)/t13-/m0/s1. The Labute approximate surface area is 151 Å². The van der Waals surface area contributed by atoms with Crippen molar-refractivity contribution in [1.82, 2.24) is 9.88 Å². The minimum Gasteiger partial charge on any atom is -0.496 e. The number of methoxy groups -OCH3 is 1. The molecule has 1 aliphatic rings. The monoisotopic (exact) mass is 352 g/mol. The summed E-state index contributed by atoms with van der Waals surface area (Å²) in [4.78, 5) is 14.1. The van der Waals surface area contributed by atoms with E-state index >= 15 is 0 Å². The van der Waals surface area contributed by atoms with Crippen LogP contribution in [0.5, 0.6) is 5.75 Å². The van der Waals surface area contributed by atoms with E-state index in [1.165, 1.54) is 10.4 Å². The Kier molecular flexibility index (Phi) is 4.17. The molecule has 0 aliphatic carbocycles. The molecule has 0 saturated carbocycles. The van der Waals surface area contributed by atoms with Gasteiger partial charge in [0.25, 0.3) is 5.91 Å². The van der Waals surface area contributed by atoms with Gasteiger partial charge in [0.05, 0.1) is 12.6 Å². The summed E-state index contributed by atoms with van der Waals surface area (Å²) in [5, 5.41) is 4.61. The number of thioether (sulfide) groups is 1. The summed E-state index contributed by atoms with van der Waals surface area (Å²) in [5.74, 6) is 0.740. The predicted octanol–water partition coefficient (Wildman–Crippen LogP) is 4.07. The lowest BCUT2D eigenvalue weighted by molar-refractivity contribution is 0.0941. The highest BCUT2D eigenvalue weighted by Crippen LogP contribution is 2.38. The lowest BCUT2D eigenvalue weighted by Crippen LogP contribution is -2.27. The molecule has 0 spiro atoms. The van der Waals surface area contributed by atoms with E-state index in [0.29, 0.717) is 11.8 Å². The Balaban J connectivity index is 1.63. The van der Waals surface area contributed by atoms with E-state index in [9.17, 15) is 4.79 Å². The van der Waals surface area contributed by atoms with Crippen LogP contribution < -0.4 is 10.1 Å². The number of nitrogens with one attached hydrogen (secondary N) is 1. The van der Waals surface area contributed by atoms with Gasteiger partial charge in [-0.3, -0.25) is 4.79 Å². The number of amides is 1. The number of carbonyl (C=O) groups excluding carboxylic acids is 1. The normalized spacial score (nSPS) is 16.0. The average Bonchev–Trinajstić information content (AvgIpc) is 3.00. The molecule has 1 amide bonds. The van der Waals surface area contributed by atoms with Crippen LogP contribution in [0.4, 0.5) is 0 Å². The van der Waals surface area contributed by atoms with Crippen LogP contribution in [-0.2, 0) is 13.1 Å². The second-order valence-electron chi connectivity index (χ2n) is 6.26. The maximum absolute atomic E-state index is 12.8. The number of hydrogen-bond acceptors (Lipinski definition) is 3. The van der Waals surface area contributed by atoms with Crippen LogP contribution >= 0.6 is 11.8 Å². The molecule has 1 N–H and O–H groups in total. The lowest BCUT2D eigenvalue weighted by atomic mass is 10.2. The van der Waals surface area contributed by atoms with E-state index in [1.54, 1.807) is 7.11 Å². The van der Waals surface area contributed by atoms with Crippen LogP contribution in [0.15, 0.2) is 53.4 Å². The molecule has 2 heterocycles. The summed E-state index contributed by atoms with van der Waals surface area (Å²) in [7, 11) is 1.64. The molecule has 0 bridgehead atoms. The van der Waals surface area contributed by atoms with Crippen molar-refractivity contribution in [3.05, 3.63) is 59.8 Å². The van der Waals surface area contributed by atoms with Gasteiger partial charge < -0.3 is 14.6 Å². The van der Waals surface area contributed by atoms with Gasteiger partial charge in [-0.15, -0.1) is 11.8 Å². The van der Waals surface area contributed by atoms with E-state index in [2.05, 4.69) is 35.0 Å². The molecule has 0 fully saturated rings. The van der Waals surface area contributed by atoms with Gasteiger partial charge in [0.1, 0.15) is 11.4 Å². The van der Waals surface area contributed by atoms with Crippen molar-refractivity contribution >= 4 is 28.6 Å². The number of carbonyl (C=O) groups is 1. The second-order valence-corrected chi connectivity index (χ2v) is 7.74. The first-order chi connectivity index (χ1) is 12.2. The summed E-state index contributed by atoms with van der Waals surface area (Å²) in [5.41, 5.74) is 2.87. The molecule has 0 radical (unpaired) electrons. The van der Waals surface area contributed by atoms with Crippen LogP contribution in [0.1, 0.15) is 23.0 Å². The highest BCUT2D eigenvalue weighted by atomic mass is 32.2. The number of benzene rings is 2. The molecule has 5 heteroatoms. The third-order valence-corrected chi connectivity index (χ3v) is 5.65. The fourth-order valence-corrected chi connectivity index (χ4v) is 4.54. The summed E-state index contributed by atoms with van der Waals surface area (Å²) in [6.45, 7) is 3.49. The van der Waals surface area contributed by atoms with Crippen molar-refractivity contribution in [2.75, 3.05) is 7.11 Å². The van der Waals surface area contributed by atoms with Crippen molar-refractivity contribution in [2.24, 2.45) is 0 Å². The molecule has 25 heavy (non-hydrogen) atoms. The fourth-order valence-electron chi connectivity index (χ4n) is 3.39. The maximum atomic E-state index is 12.8. The van der Waals surface area contributed by atoms with Gasteiger partial charge in [-0.1, -0.05) is 37.3 Å². The molecule has 4 rings (SSSR count). The Morgan fingerprint density at radius 3 is 2.96 bits per heavy atom. The van der Waals surface area contributed by atoms with Crippen molar-refractivity contribution in [3.8, 4) is 5.75 Å². The molecular formula is C20H20N2O2S. The van der Waals surface area contributed by atoms with Crippen molar-refractivity contribution < 1.29 is 9.53 Å². The smallest absolute Gasteiger partial charge is 0.268 e. The molecule has 1 aromatic heterocycles. The van der Waals surface area contributed by atoms with Gasteiger partial charge in [0, 0.05) is 34.2 Å². The second kappa shape index (κ2) is 6.48. The summed E-state index contributed by atoms with van der Waals surface area (Å²) in [6.07, 6.45) is 0. The molecule has 0 unspecified atom stereocenters. The van der Waals surface area contributed by atoms with Crippen molar-refractivity contribution in [2.45, 2.75) is 30.2 Å². The number of ether oxygens (including phenoxy) is 1. The Morgan fingerprint density at radius 2 is 2.12 bits per heavy atom. The molecule has 3 aromatic rings. The van der Waals surface area contributed by atoms with Crippen LogP contribution in [0, 0.1) is 0 Å². The largest absolute Gasteiger partial charge is 0.496 e. The van der Waals surface area contributed by atoms with E-state index in [1.807, 2.05) is 42.1 Å². The first-order valence-corrected chi connectivity index (χ1v) is 9.24. The predicted molar refractivity (Wildman–Crippen MR) is 101 cm³/mol. The summed E-state index contributed by atoms with van der Waals surface area (Å²) >= 11 is 1.88. The van der Waals surface area contributed by atoms with Gasteiger partial charge in [-0.25, -0.2) is 0 Å². The van der Waals surface area contributed by atoms with Gasteiger partial charge in [-0.2, -0.15) is 0 Å². The molecule has 0 saturated heterocycles. The number of nitrogens with zero attached hydrogens (tertiary/aromatic N) is 1. The SMILES string of the molecule is COc1ccccc1CNC(=O)c1cc2cccc3c2n1C[C@H](C)S3. The van der Waals surface area contributed by atoms with Crippen LogP contribution in [0.2, 0.25) is 0 Å². The Bertz CT molecular complexity index is 948. The number of para-hydroxylation sites is 2. The number of aromatic nitrogens is 1. The Morgan fingerprint density at radius 1 is 1.28 bits per heavy atom. The van der Waals surface area contributed by atoms with Gasteiger partial charge >= 0.3 is 0 Å². The highest BCUT2D eigenvalue weighted by Gasteiger charge is 2.23. The zero-order valence-electron chi connectivity index (χ0n) is 14.3. The zero-order chi connectivity index (χ0) is 17.4. The molecule has 1 atom stereocenters. The first-order valence-electron chi connectivity index (χ1n) is 8.36. The summed E-state index contributed by atoms with van der Waals surface area (Å²) < 4.78 is 7.51. The minimum atomic E-state index is -0.0489. The van der Waals surface area contributed by atoms with Crippen molar-refractivity contribution in [3.63, 3.8) is 0 Å². The van der Waals surface area contributed by atoms with Gasteiger partial charge in [0.15, 0.2) is 0 Å². The first kappa shape index (κ1) is 16.1. The van der Waals surface area contributed by atoms with E-state index in [4.69, 9.17) is 4.74 Å². The minimum absolute atomic E-state index is 0.0489. The highest BCUT2D eigenvalue weighted by molar-refractivity contribution is 8.00. The molecular weight excluding hydrogens is 332 g/mol. The molecule has 2 aromatic carbocycles. The molecule has 1 aliphatic heterocycles. The average molecular weight is 352 g/mol. The van der Waals surface area contributed by atoms with E-state index in [0.717, 1.165) is 28.9 Å². The maximum Gasteiger partial charge on any atom is 0.268 e. The van der Waals surface area contributed by atoms with Crippen LogP contribution in [0.25, 0.3) is 10.9 Å². The number of rotatable bonds is 4. The lowest BCUT2D eigenvalue weighted by Gasteiger charge is -2.22. The van der Waals surface area contributed by atoms with Crippen molar-refractivity contribution in [1.29, 1.82) is 0 Å². The van der Waals surface area contributed by atoms with Gasteiger partial charge in [-0.05, 0) is 18.2 Å². The third kappa shape index (κ3) is 2.89. The molecule has 128 valence electrons. The fraction of sp³-hybridized carbons (Fsp3) is 0.250. The quantitative estimate of drug-likeness (QED) is 0.770. The van der Waals surface area contributed by atoms with E-state index in [-0.39, 0.29) is 5.91 Å². The third-order valence-electron chi connectivity index (χ3n) is 4.52. The summed E-state index contributed by atoms with van der Waals surface area (Å²) in [6, 6.07) is 16.0.